The number of halogens is 1. The average Bonchev–Trinajstić information content (AvgIpc) is 2.55. The summed E-state index contributed by atoms with van der Waals surface area (Å²) in [6.45, 7) is 3.96. The van der Waals surface area contributed by atoms with Crippen LogP contribution in [0.1, 0.15) is 40.9 Å². The smallest absolute Gasteiger partial charge is 0.308 e. The zero-order valence-corrected chi connectivity index (χ0v) is 13.7. The number of amides is 1. The van der Waals surface area contributed by atoms with E-state index in [1.807, 2.05) is 31.2 Å². The summed E-state index contributed by atoms with van der Waals surface area (Å²) < 4.78 is 18.3. The molecule has 0 aliphatic heterocycles. The van der Waals surface area contributed by atoms with Gasteiger partial charge in [-0.25, -0.2) is 4.39 Å². The summed E-state index contributed by atoms with van der Waals surface area (Å²) in [5, 5.41) is 2.78. The first kappa shape index (κ1) is 17.7. The van der Waals surface area contributed by atoms with E-state index in [0.29, 0.717) is 0 Å². The zero-order valence-electron chi connectivity index (χ0n) is 13.7. The highest BCUT2D eigenvalue weighted by Gasteiger charge is 2.20. The molecule has 0 bridgehead atoms. The highest BCUT2D eigenvalue weighted by Crippen LogP contribution is 2.19. The van der Waals surface area contributed by atoms with Crippen molar-refractivity contribution >= 4 is 11.9 Å². The van der Waals surface area contributed by atoms with Gasteiger partial charge in [0, 0.05) is 5.56 Å². The van der Waals surface area contributed by atoms with E-state index in [1.165, 1.54) is 18.2 Å². The van der Waals surface area contributed by atoms with Gasteiger partial charge < -0.3 is 10.1 Å². The van der Waals surface area contributed by atoms with E-state index in [1.54, 1.807) is 6.92 Å². The van der Waals surface area contributed by atoms with Crippen molar-refractivity contribution in [3.05, 3.63) is 71.0 Å². The molecule has 2 aromatic carbocycles. The summed E-state index contributed by atoms with van der Waals surface area (Å²) in [5.74, 6) is -1.33. The van der Waals surface area contributed by atoms with E-state index < -0.39 is 23.7 Å². The third-order valence-electron chi connectivity index (χ3n) is 3.55. The molecule has 0 unspecified atom stereocenters. The van der Waals surface area contributed by atoms with Crippen LogP contribution in [0.15, 0.2) is 48.5 Å². The van der Waals surface area contributed by atoms with Crippen molar-refractivity contribution in [1.29, 1.82) is 0 Å². The van der Waals surface area contributed by atoms with Crippen molar-refractivity contribution < 1.29 is 18.7 Å². The molecule has 0 radical (unpaired) electrons. The number of carbonyl (C=O) groups excluding carboxylic acids is 2. The lowest BCUT2D eigenvalue weighted by Gasteiger charge is -2.19. The third-order valence-corrected chi connectivity index (χ3v) is 3.55. The van der Waals surface area contributed by atoms with Crippen LogP contribution in [0.25, 0.3) is 0 Å². The van der Waals surface area contributed by atoms with Gasteiger partial charge in [-0.05, 0) is 37.6 Å². The Balaban J connectivity index is 2.20. The SMILES string of the molecule is CCOC(=O)C[C@H](NC(=O)c1cccc(F)c1)c1ccc(C)cc1. The van der Waals surface area contributed by atoms with Gasteiger partial charge in [-0.1, -0.05) is 35.9 Å². The lowest BCUT2D eigenvalue weighted by molar-refractivity contribution is -0.143. The Morgan fingerprint density at radius 3 is 2.50 bits per heavy atom. The van der Waals surface area contributed by atoms with Crippen molar-refractivity contribution in [2.45, 2.75) is 26.3 Å². The number of nitrogens with one attached hydrogen (secondary N) is 1. The molecule has 126 valence electrons. The van der Waals surface area contributed by atoms with E-state index in [0.717, 1.165) is 17.2 Å². The van der Waals surface area contributed by atoms with E-state index in [2.05, 4.69) is 5.32 Å². The number of rotatable bonds is 6. The molecule has 0 aliphatic rings. The number of aryl methyl sites for hydroxylation is 1. The fourth-order valence-corrected chi connectivity index (χ4v) is 2.31. The molecule has 0 heterocycles. The standard InChI is InChI=1S/C19H20FNO3/c1-3-24-18(22)12-17(14-9-7-13(2)8-10-14)21-19(23)15-5-4-6-16(20)11-15/h4-11,17H,3,12H2,1-2H3,(H,21,23)/t17-/m0/s1. The quantitative estimate of drug-likeness (QED) is 0.825. The fourth-order valence-electron chi connectivity index (χ4n) is 2.31. The van der Waals surface area contributed by atoms with Gasteiger partial charge in [0.2, 0.25) is 0 Å². The van der Waals surface area contributed by atoms with Crippen LogP contribution in [0, 0.1) is 12.7 Å². The van der Waals surface area contributed by atoms with Crippen LogP contribution in [0.4, 0.5) is 4.39 Å². The molecule has 24 heavy (non-hydrogen) atoms. The highest BCUT2D eigenvalue weighted by atomic mass is 19.1. The summed E-state index contributed by atoms with van der Waals surface area (Å²) in [7, 11) is 0. The first-order valence-electron chi connectivity index (χ1n) is 7.78. The molecule has 2 aromatic rings. The van der Waals surface area contributed by atoms with Crippen LogP contribution in [0.5, 0.6) is 0 Å². The molecule has 0 aliphatic carbocycles. The lowest BCUT2D eigenvalue weighted by atomic mass is 10.0. The van der Waals surface area contributed by atoms with Gasteiger partial charge in [-0.3, -0.25) is 9.59 Å². The fraction of sp³-hybridized carbons (Fsp3) is 0.263. The van der Waals surface area contributed by atoms with Crippen LogP contribution >= 0.6 is 0 Å². The largest absolute Gasteiger partial charge is 0.466 e. The van der Waals surface area contributed by atoms with Gasteiger partial charge in [-0.15, -0.1) is 0 Å². The second-order valence-electron chi connectivity index (χ2n) is 5.46. The molecule has 4 nitrogen and oxygen atoms in total. The number of hydrogen-bond donors (Lipinski definition) is 1. The monoisotopic (exact) mass is 329 g/mol. The summed E-state index contributed by atoms with van der Waals surface area (Å²) in [5.41, 5.74) is 2.07. The molecule has 0 saturated heterocycles. The molecule has 1 N–H and O–H groups in total. The molecule has 0 fully saturated rings. The van der Waals surface area contributed by atoms with Crippen LogP contribution in [-0.2, 0) is 9.53 Å². The predicted molar refractivity (Wildman–Crippen MR) is 89.0 cm³/mol. The lowest BCUT2D eigenvalue weighted by Crippen LogP contribution is -2.30. The molecule has 0 spiro atoms. The Morgan fingerprint density at radius 2 is 1.88 bits per heavy atom. The Bertz CT molecular complexity index is 713. The minimum absolute atomic E-state index is 0.0119. The first-order valence-corrected chi connectivity index (χ1v) is 7.78. The second kappa shape index (κ2) is 8.24. The Labute approximate surface area is 140 Å². The molecular formula is C19H20FNO3. The van der Waals surface area contributed by atoms with Crippen molar-refractivity contribution in [3.8, 4) is 0 Å². The molecule has 0 aromatic heterocycles. The molecule has 5 heteroatoms. The van der Waals surface area contributed by atoms with Crippen molar-refractivity contribution in [2.24, 2.45) is 0 Å². The van der Waals surface area contributed by atoms with Gasteiger partial charge >= 0.3 is 5.97 Å². The van der Waals surface area contributed by atoms with E-state index in [4.69, 9.17) is 4.74 Å². The van der Waals surface area contributed by atoms with Gasteiger partial charge in [0.1, 0.15) is 5.82 Å². The molecular weight excluding hydrogens is 309 g/mol. The predicted octanol–water partition coefficient (Wildman–Crippen LogP) is 3.56. The highest BCUT2D eigenvalue weighted by molar-refractivity contribution is 5.94. The maximum absolute atomic E-state index is 13.3. The van der Waals surface area contributed by atoms with E-state index >= 15 is 0 Å². The Morgan fingerprint density at radius 1 is 1.17 bits per heavy atom. The molecule has 0 saturated carbocycles. The van der Waals surface area contributed by atoms with Crippen LogP contribution in [0.3, 0.4) is 0 Å². The van der Waals surface area contributed by atoms with Crippen LogP contribution < -0.4 is 5.32 Å². The second-order valence-corrected chi connectivity index (χ2v) is 5.46. The number of esters is 1. The molecule has 1 amide bonds. The van der Waals surface area contributed by atoms with Gasteiger partial charge in [0.05, 0.1) is 19.1 Å². The zero-order chi connectivity index (χ0) is 17.5. The minimum atomic E-state index is -0.541. The van der Waals surface area contributed by atoms with E-state index in [9.17, 15) is 14.0 Å². The van der Waals surface area contributed by atoms with Crippen molar-refractivity contribution in [2.75, 3.05) is 6.61 Å². The first-order chi connectivity index (χ1) is 11.5. The van der Waals surface area contributed by atoms with Crippen LogP contribution in [-0.4, -0.2) is 18.5 Å². The summed E-state index contributed by atoms with van der Waals surface area (Å²) in [6.07, 6.45) is 0.0119. The normalized spacial score (nSPS) is 11.6. The number of carbonyl (C=O) groups is 2. The van der Waals surface area contributed by atoms with Gasteiger partial charge in [0.15, 0.2) is 0 Å². The maximum atomic E-state index is 13.3. The van der Waals surface area contributed by atoms with Gasteiger partial charge in [-0.2, -0.15) is 0 Å². The summed E-state index contributed by atoms with van der Waals surface area (Å²) in [4.78, 5) is 24.2. The number of ether oxygens (including phenoxy) is 1. The average molecular weight is 329 g/mol. The topological polar surface area (TPSA) is 55.4 Å². The van der Waals surface area contributed by atoms with Crippen molar-refractivity contribution in [3.63, 3.8) is 0 Å². The summed E-state index contributed by atoms with van der Waals surface area (Å²) in [6, 6.07) is 12.4. The molecule has 1 atom stereocenters. The van der Waals surface area contributed by atoms with E-state index in [-0.39, 0.29) is 18.6 Å². The summed E-state index contributed by atoms with van der Waals surface area (Å²) >= 11 is 0. The number of hydrogen-bond acceptors (Lipinski definition) is 3. The molecule has 2 rings (SSSR count). The third kappa shape index (κ3) is 4.91. The maximum Gasteiger partial charge on any atom is 0.308 e. The number of benzene rings is 2. The Kier molecular flexibility index (Phi) is 6.07. The Hall–Kier alpha value is -2.69. The van der Waals surface area contributed by atoms with Crippen molar-refractivity contribution in [1.82, 2.24) is 5.32 Å². The van der Waals surface area contributed by atoms with Crippen LogP contribution in [0.2, 0.25) is 0 Å². The van der Waals surface area contributed by atoms with Gasteiger partial charge in [0.25, 0.3) is 5.91 Å². The minimum Gasteiger partial charge on any atom is -0.466 e.